The molecule has 0 atom stereocenters. The van der Waals surface area contributed by atoms with E-state index in [9.17, 15) is 13.2 Å². The Morgan fingerprint density at radius 2 is 1.67 bits per heavy atom. The van der Waals surface area contributed by atoms with Gasteiger partial charge in [-0.1, -0.05) is 61.5 Å². The summed E-state index contributed by atoms with van der Waals surface area (Å²) >= 11 is 0. The van der Waals surface area contributed by atoms with E-state index in [1.807, 2.05) is 31.2 Å². The van der Waals surface area contributed by atoms with E-state index in [1.165, 1.54) is 50.7 Å². The Labute approximate surface area is 176 Å². The van der Waals surface area contributed by atoms with Crippen LogP contribution in [-0.4, -0.2) is 12.3 Å². The fraction of sp³-hybridized carbons (Fsp3) is 0.458. The molecule has 0 saturated heterocycles. The molecule has 1 aliphatic rings. The van der Waals surface area contributed by atoms with Gasteiger partial charge in [-0.2, -0.15) is 13.2 Å². The Bertz CT molecular complexity index is 808. The van der Waals surface area contributed by atoms with Gasteiger partial charge in [-0.05, 0) is 54.7 Å². The molecule has 3 rings (SSSR count). The van der Waals surface area contributed by atoms with Crippen molar-refractivity contribution in [2.24, 2.45) is 11.1 Å². The van der Waals surface area contributed by atoms with E-state index in [2.05, 4.69) is 10.5 Å². The van der Waals surface area contributed by atoms with Crippen molar-refractivity contribution in [1.82, 2.24) is 0 Å². The van der Waals surface area contributed by atoms with Gasteiger partial charge in [-0.15, -0.1) is 0 Å². The van der Waals surface area contributed by atoms with E-state index >= 15 is 0 Å². The van der Waals surface area contributed by atoms with E-state index in [4.69, 9.17) is 4.84 Å². The Morgan fingerprint density at radius 1 is 1.00 bits per heavy atom. The van der Waals surface area contributed by atoms with Crippen LogP contribution in [0.2, 0.25) is 0 Å². The van der Waals surface area contributed by atoms with E-state index in [1.54, 1.807) is 0 Å². The summed E-state index contributed by atoms with van der Waals surface area (Å²) in [4.78, 5) is 5.31. The number of rotatable bonds is 8. The second kappa shape index (κ2) is 10.5. The fourth-order valence-corrected chi connectivity index (χ4v) is 3.77. The highest BCUT2D eigenvalue weighted by atomic mass is 19.4. The number of anilines is 1. The lowest BCUT2D eigenvalue weighted by atomic mass is 9.87. The van der Waals surface area contributed by atoms with Crippen molar-refractivity contribution in [3.05, 3.63) is 65.2 Å². The van der Waals surface area contributed by atoms with Crippen molar-refractivity contribution in [2.75, 3.05) is 11.9 Å². The number of alkyl halides is 3. The van der Waals surface area contributed by atoms with E-state index in [0.29, 0.717) is 5.56 Å². The number of oxime groups is 1. The minimum absolute atomic E-state index is 0.121. The lowest BCUT2D eigenvalue weighted by Gasteiger charge is -2.21. The van der Waals surface area contributed by atoms with Crippen LogP contribution in [0.15, 0.2) is 53.7 Å². The fourth-order valence-electron chi connectivity index (χ4n) is 3.77. The summed E-state index contributed by atoms with van der Waals surface area (Å²) in [7, 11) is 0. The van der Waals surface area contributed by atoms with Crippen LogP contribution in [0.4, 0.5) is 18.9 Å². The summed E-state index contributed by atoms with van der Waals surface area (Å²) in [6.45, 7) is 2.96. The van der Waals surface area contributed by atoms with Crippen molar-refractivity contribution in [3.63, 3.8) is 0 Å². The minimum atomic E-state index is -4.33. The number of nitrogens with zero attached hydrogens (tertiary/aromatic N) is 1. The van der Waals surface area contributed by atoms with Gasteiger partial charge in [-0.25, -0.2) is 0 Å². The molecule has 0 unspecified atom stereocenters. The number of hydrogen-bond acceptors (Lipinski definition) is 3. The third-order valence-corrected chi connectivity index (χ3v) is 5.62. The molecule has 2 aromatic carbocycles. The minimum Gasteiger partial charge on any atom is -0.391 e. The predicted molar refractivity (Wildman–Crippen MR) is 115 cm³/mol. The van der Waals surface area contributed by atoms with Gasteiger partial charge in [-0.3, -0.25) is 0 Å². The van der Waals surface area contributed by atoms with Crippen LogP contribution in [0.3, 0.4) is 0 Å². The molecule has 162 valence electrons. The van der Waals surface area contributed by atoms with Crippen LogP contribution in [-0.2, 0) is 17.6 Å². The molecule has 2 aromatic rings. The standard InChI is InChI=1S/C24H29F3N2O/c1-18(29-30-17-20-7-11-22(12-8-20)24(25,26)27)21-9-13-23(14-10-21)28-16-15-19-5-3-2-4-6-19/h7-14,19,28H,2-6,15-17H2,1H3. The molecule has 1 saturated carbocycles. The summed E-state index contributed by atoms with van der Waals surface area (Å²) in [5.74, 6) is 0.863. The van der Waals surface area contributed by atoms with Gasteiger partial charge in [0.2, 0.25) is 0 Å². The number of benzene rings is 2. The molecule has 3 nitrogen and oxygen atoms in total. The van der Waals surface area contributed by atoms with Crippen LogP contribution >= 0.6 is 0 Å². The zero-order chi connectivity index (χ0) is 21.4. The van der Waals surface area contributed by atoms with E-state index in [-0.39, 0.29) is 6.61 Å². The molecular formula is C24H29F3N2O. The van der Waals surface area contributed by atoms with Crippen molar-refractivity contribution in [3.8, 4) is 0 Å². The van der Waals surface area contributed by atoms with Crippen LogP contribution in [0.5, 0.6) is 0 Å². The lowest BCUT2D eigenvalue weighted by Crippen LogP contribution is -2.12. The van der Waals surface area contributed by atoms with E-state index in [0.717, 1.165) is 41.6 Å². The Kier molecular flexibility index (Phi) is 7.77. The van der Waals surface area contributed by atoms with Crippen molar-refractivity contribution >= 4 is 11.4 Å². The average Bonchev–Trinajstić information content (AvgIpc) is 2.75. The van der Waals surface area contributed by atoms with Crippen molar-refractivity contribution in [2.45, 2.75) is 58.2 Å². The molecule has 1 N–H and O–H groups in total. The van der Waals surface area contributed by atoms with Crippen molar-refractivity contribution in [1.29, 1.82) is 0 Å². The van der Waals surface area contributed by atoms with Gasteiger partial charge in [0.1, 0.15) is 6.61 Å². The Hall–Kier alpha value is -2.50. The maximum absolute atomic E-state index is 12.6. The average molecular weight is 419 g/mol. The van der Waals surface area contributed by atoms with Gasteiger partial charge < -0.3 is 10.2 Å². The third-order valence-electron chi connectivity index (χ3n) is 5.62. The Morgan fingerprint density at radius 3 is 2.30 bits per heavy atom. The summed E-state index contributed by atoms with van der Waals surface area (Å²) in [6.07, 6.45) is 3.76. The number of halogens is 3. The molecule has 0 aliphatic heterocycles. The molecule has 0 radical (unpaired) electrons. The van der Waals surface area contributed by atoms with Crippen LogP contribution in [0, 0.1) is 5.92 Å². The summed E-state index contributed by atoms with van der Waals surface area (Å²) in [5, 5.41) is 7.57. The zero-order valence-corrected chi connectivity index (χ0v) is 17.3. The molecule has 30 heavy (non-hydrogen) atoms. The molecule has 0 spiro atoms. The second-order valence-electron chi connectivity index (χ2n) is 7.94. The van der Waals surface area contributed by atoms with Gasteiger partial charge in [0.25, 0.3) is 0 Å². The quantitative estimate of drug-likeness (QED) is 0.369. The summed E-state index contributed by atoms with van der Waals surface area (Å²) in [5.41, 5.74) is 2.72. The zero-order valence-electron chi connectivity index (χ0n) is 17.3. The van der Waals surface area contributed by atoms with E-state index < -0.39 is 11.7 Å². The molecule has 1 fully saturated rings. The molecule has 6 heteroatoms. The first-order valence-electron chi connectivity index (χ1n) is 10.6. The highest BCUT2D eigenvalue weighted by Crippen LogP contribution is 2.29. The third kappa shape index (κ3) is 6.78. The normalized spacial score (nSPS) is 15.8. The van der Waals surface area contributed by atoms with Crippen LogP contribution < -0.4 is 5.32 Å². The molecule has 0 amide bonds. The molecule has 1 aliphatic carbocycles. The van der Waals surface area contributed by atoms with Crippen molar-refractivity contribution < 1.29 is 18.0 Å². The monoisotopic (exact) mass is 418 g/mol. The predicted octanol–water partition coefficient (Wildman–Crippen LogP) is 7.03. The van der Waals surface area contributed by atoms with Gasteiger partial charge in [0.05, 0.1) is 11.3 Å². The van der Waals surface area contributed by atoms with Crippen LogP contribution in [0.1, 0.15) is 62.1 Å². The molecular weight excluding hydrogens is 389 g/mol. The van der Waals surface area contributed by atoms with Gasteiger partial charge in [0.15, 0.2) is 0 Å². The molecule has 0 bridgehead atoms. The summed E-state index contributed by atoms with van der Waals surface area (Å²) in [6, 6.07) is 13.0. The number of nitrogens with one attached hydrogen (secondary N) is 1. The smallest absolute Gasteiger partial charge is 0.391 e. The first-order valence-corrected chi connectivity index (χ1v) is 10.6. The maximum atomic E-state index is 12.6. The molecule has 0 aromatic heterocycles. The highest BCUT2D eigenvalue weighted by molar-refractivity contribution is 5.98. The topological polar surface area (TPSA) is 33.6 Å². The number of hydrogen-bond donors (Lipinski definition) is 1. The largest absolute Gasteiger partial charge is 0.416 e. The Balaban J connectivity index is 1.44. The molecule has 0 heterocycles. The van der Waals surface area contributed by atoms with Crippen LogP contribution in [0.25, 0.3) is 0 Å². The first kappa shape index (κ1) is 22.2. The lowest BCUT2D eigenvalue weighted by molar-refractivity contribution is -0.137. The SMILES string of the molecule is CC(=NOCc1ccc(C(F)(F)F)cc1)c1ccc(NCCC2CCCCC2)cc1. The summed E-state index contributed by atoms with van der Waals surface area (Å²) < 4.78 is 37.8. The van der Waals surface area contributed by atoms with Gasteiger partial charge in [0, 0.05) is 12.2 Å². The first-order chi connectivity index (χ1) is 14.4. The van der Waals surface area contributed by atoms with Gasteiger partial charge >= 0.3 is 6.18 Å². The maximum Gasteiger partial charge on any atom is 0.416 e. The highest BCUT2D eigenvalue weighted by Gasteiger charge is 2.29. The second-order valence-corrected chi connectivity index (χ2v) is 7.94.